The van der Waals surface area contributed by atoms with Crippen molar-refractivity contribution in [1.82, 2.24) is 5.32 Å². The normalized spacial score (nSPS) is 20.0. The van der Waals surface area contributed by atoms with Gasteiger partial charge in [-0.3, -0.25) is 0 Å². The van der Waals surface area contributed by atoms with Gasteiger partial charge in [-0.05, 0) is 30.7 Å². The van der Waals surface area contributed by atoms with Gasteiger partial charge in [0.15, 0.2) is 0 Å². The monoisotopic (exact) mass is 169 g/mol. The van der Waals surface area contributed by atoms with Crippen molar-refractivity contribution >= 4 is 0 Å². The molecule has 1 aliphatic carbocycles. The summed E-state index contributed by atoms with van der Waals surface area (Å²) in [5.74, 6) is 0.969. The molecule has 1 N–H and O–H groups in total. The van der Waals surface area contributed by atoms with Crippen LogP contribution in [0.2, 0.25) is 0 Å². The summed E-state index contributed by atoms with van der Waals surface area (Å²) in [4.78, 5) is 0. The van der Waals surface area contributed by atoms with Crippen molar-refractivity contribution in [2.75, 3.05) is 13.1 Å². The molecular weight excluding hydrogens is 146 g/mol. The van der Waals surface area contributed by atoms with Gasteiger partial charge in [0.1, 0.15) is 0 Å². The van der Waals surface area contributed by atoms with Gasteiger partial charge < -0.3 is 5.32 Å². The molecule has 0 heterocycles. The van der Waals surface area contributed by atoms with Crippen molar-refractivity contribution in [2.45, 2.75) is 46.5 Å². The third kappa shape index (κ3) is 2.01. The van der Waals surface area contributed by atoms with Crippen LogP contribution in [0.25, 0.3) is 0 Å². The van der Waals surface area contributed by atoms with Crippen LogP contribution in [0.3, 0.4) is 0 Å². The van der Waals surface area contributed by atoms with E-state index in [1.54, 1.807) is 0 Å². The average Bonchev–Trinajstić information content (AvgIpc) is 2.85. The molecule has 0 amide bonds. The van der Waals surface area contributed by atoms with Gasteiger partial charge in [0.25, 0.3) is 0 Å². The zero-order valence-corrected chi connectivity index (χ0v) is 8.82. The highest BCUT2D eigenvalue weighted by molar-refractivity contribution is 4.98. The van der Waals surface area contributed by atoms with Crippen LogP contribution in [0.15, 0.2) is 0 Å². The van der Waals surface area contributed by atoms with E-state index in [0.29, 0.717) is 5.41 Å². The molecule has 12 heavy (non-hydrogen) atoms. The van der Waals surface area contributed by atoms with Crippen LogP contribution >= 0.6 is 0 Å². The Kier molecular flexibility index (Phi) is 3.57. The Bertz CT molecular complexity index is 123. The van der Waals surface area contributed by atoms with Crippen LogP contribution in [0, 0.1) is 11.3 Å². The maximum Gasteiger partial charge on any atom is 0.00104 e. The lowest BCUT2D eigenvalue weighted by Crippen LogP contribution is -2.29. The summed E-state index contributed by atoms with van der Waals surface area (Å²) >= 11 is 0. The molecule has 1 fully saturated rings. The van der Waals surface area contributed by atoms with Crippen LogP contribution in [0.1, 0.15) is 46.5 Å². The lowest BCUT2D eigenvalue weighted by atomic mass is 9.85. The van der Waals surface area contributed by atoms with E-state index in [0.717, 1.165) is 12.5 Å². The molecule has 0 atom stereocenters. The van der Waals surface area contributed by atoms with Crippen molar-refractivity contribution in [3.05, 3.63) is 0 Å². The molecular formula is C11H23N. The highest BCUT2D eigenvalue weighted by Gasteiger charge is 2.46. The van der Waals surface area contributed by atoms with E-state index >= 15 is 0 Å². The molecule has 1 saturated carbocycles. The number of hydrogen-bond acceptors (Lipinski definition) is 1. The molecule has 0 radical (unpaired) electrons. The fraction of sp³-hybridized carbons (Fsp3) is 1.00. The molecule has 0 aromatic rings. The lowest BCUT2D eigenvalue weighted by Gasteiger charge is -2.24. The van der Waals surface area contributed by atoms with E-state index in [4.69, 9.17) is 0 Å². The van der Waals surface area contributed by atoms with Crippen LogP contribution in [-0.2, 0) is 0 Å². The van der Waals surface area contributed by atoms with Crippen LogP contribution in [0.5, 0.6) is 0 Å². The number of hydrogen-bond donors (Lipinski definition) is 1. The summed E-state index contributed by atoms with van der Waals surface area (Å²) in [6, 6.07) is 0. The minimum Gasteiger partial charge on any atom is -0.316 e. The lowest BCUT2D eigenvalue weighted by molar-refractivity contribution is 0.278. The SMILES string of the molecule is CCNCC1(C(CC)CC)CC1. The van der Waals surface area contributed by atoms with Crippen molar-refractivity contribution in [3.8, 4) is 0 Å². The Morgan fingerprint density at radius 2 is 1.75 bits per heavy atom. The fourth-order valence-corrected chi connectivity index (χ4v) is 2.42. The molecule has 72 valence electrons. The Morgan fingerprint density at radius 3 is 2.08 bits per heavy atom. The summed E-state index contributed by atoms with van der Waals surface area (Å²) in [5, 5.41) is 3.50. The Labute approximate surface area is 76.9 Å². The molecule has 1 nitrogen and oxygen atoms in total. The van der Waals surface area contributed by atoms with E-state index in [1.807, 2.05) is 0 Å². The standard InChI is InChI=1S/C11H23N/c1-4-10(5-2)11(7-8-11)9-12-6-3/h10,12H,4-9H2,1-3H3. The summed E-state index contributed by atoms with van der Waals surface area (Å²) in [6.45, 7) is 9.25. The maximum atomic E-state index is 3.50. The molecule has 0 aliphatic heterocycles. The third-order valence-electron chi connectivity index (χ3n) is 3.47. The van der Waals surface area contributed by atoms with Gasteiger partial charge in [0.05, 0.1) is 0 Å². The van der Waals surface area contributed by atoms with E-state index in [9.17, 15) is 0 Å². The summed E-state index contributed by atoms with van der Waals surface area (Å²) in [5.41, 5.74) is 0.708. The quantitative estimate of drug-likeness (QED) is 0.644. The zero-order chi connectivity index (χ0) is 9.03. The predicted octanol–water partition coefficient (Wildman–Crippen LogP) is 2.81. The second-order valence-electron chi connectivity index (χ2n) is 4.16. The third-order valence-corrected chi connectivity index (χ3v) is 3.47. The van der Waals surface area contributed by atoms with Gasteiger partial charge in [-0.2, -0.15) is 0 Å². The first-order valence-electron chi connectivity index (χ1n) is 5.49. The number of rotatable bonds is 6. The maximum absolute atomic E-state index is 3.50. The highest BCUT2D eigenvalue weighted by Crippen LogP contribution is 2.53. The van der Waals surface area contributed by atoms with E-state index in [1.165, 1.54) is 32.2 Å². The first kappa shape index (κ1) is 10.0. The molecule has 0 aromatic carbocycles. The predicted molar refractivity (Wildman–Crippen MR) is 54.3 cm³/mol. The van der Waals surface area contributed by atoms with Crippen LogP contribution in [0.4, 0.5) is 0 Å². The fourth-order valence-electron chi connectivity index (χ4n) is 2.42. The molecule has 0 spiro atoms. The Morgan fingerprint density at radius 1 is 1.17 bits per heavy atom. The molecule has 0 saturated heterocycles. The molecule has 1 heteroatoms. The number of nitrogens with one attached hydrogen (secondary N) is 1. The Hall–Kier alpha value is -0.0400. The molecule has 0 bridgehead atoms. The molecule has 1 rings (SSSR count). The van der Waals surface area contributed by atoms with Crippen molar-refractivity contribution in [3.63, 3.8) is 0 Å². The zero-order valence-electron chi connectivity index (χ0n) is 8.82. The van der Waals surface area contributed by atoms with Gasteiger partial charge in [0, 0.05) is 6.54 Å². The average molecular weight is 169 g/mol. The van der Waals surface area contributed by atoms with E-state index in [2.05, 4.69) is 26.1 Å². The summed E-state index contributed by atoms with van der Waals surface area (Å²) < 4.78 is 0. The van der Waals surface area contributed by atoms with Gasteiger partial charge in [-0.25, -0.2) is 0 Å². The van der Waals surface area contributed by atoms with E-state index < -0.39 is 0 Å². The second-order valence-corrected chi connectivity index (χ2v) is 4.16. The van der Waals surface area contributed by atoms with Crippen molar-refractivity contribution < 1.29 is 0 Å². The Balaban J connectivity index is 2.35. The van der Waals surface area contributed by atoms with E-state index in [-0.39, 0.29) is 0 Å². The summed E-state index contributed by atoms with van der Waals surface area (Å²) in [6.07, 6.45) is 5.66. The minimum atomic E-state index is 0.708. The van der Waals surface area contributed by atoms with Gasteiger partial charge in [-0.15, -0.1) is 0 Å². The molecule has 0 unspecified atom stereocenters. The first-order valence-corrected chi connectivity index (χ1v) is 5.49. The minimum absolute atomic E-state index is 0.708. The highest BCUT2D eigenvalue weighted by atomic mass is 14.9. The molecule has 1 aliphatic rings. The second kappa shape index (κ2) is 4.27. The summed E-state index contributed by atoms with van der Waals surface area (Å²) in [7, 11) is 0. The van der Waals surface area contributed by atoms with Crippen molar-refractivity contribution in [1.29, 1.82) is 0 Å². The van der Waals surface area contributed by atoms with Gasteiger partial charge in [-0.1, -0.05) is 33.6 Å². The van der Waals surface area contributed by atoms with Gasteiger partial charge >= 0.3 is 0 Å². The smallest absolute Gasteiger partial charge is 0.00104 e. The largest absolute Gasteiger partial charge is 0.316 e. The van der Waals surface area contributed by atoms with Crippen molar-refractivity contribution in [2.24, 2.45) is 11.3 Å². The topological polar surface area (TPSA) is 12.0 Å². The van der Waals surface area contributed by atoms with Gasteiger partial charge in [0.2, 0.25) is 0 Å². The molecule has 0 aromatic heterocycles. The van der Waals surface area contributed by atoms with Crippen LogP contribution in [-0.4, -0.2) is 13.1 Å². The first-order chi connectivity index (χ1) is 5.79. The van der Waals surface area contributed by atoms with Crippen LogP contribution < -0.4 is 5.32 Å².